The van der Waals surface area contributed by atoms with Gasteiger partial charge in [0.2, 0.25) is 0 Å². The highest BCUT2D eigenvalue weighted by atomic mass is 32.1. The first kappa shape index (κ1) is 19.1. The first-order valence-electron chi connectivity index (χ1n) is 8.47. The predicted octanol–water partition coefficient (Wildman–Crippen LogP) is 2.55. The number of piperidine rings is 1. The predicted molar refractivity (Wildman–Crippen MR) is 89.8 cm³/mol. The van der Waals surface area contributed by atoms with Gasteiger partial charge >= 0.3 is 12.2 Å². The summed E-state index contributed by atoms with van der Waals surface area (Å²) in [6.45, 7) is 4.44. The van der Waals surface area contributed by atoms with Crippen LogP contribution >= 0.6 is 11.3 Å². The molecule has 3 amide bonds. The van der Waals surface area contributed by atoms with Crippen LogP contribution in [0.1, 0.15) is 28.4 Å². The molecule has 0 aliphatic carbocycles. The van der Waals surface area contributed by atoms with Crippen LogP contribution in [0.5, 0.6) is 0 Å². The number of nitrogens with zero attached hydrogens (tertiary/aromatic N) is 4. The Morgan fingerprint density at radius 3 is 2.38 bits per heavy atom. The van der Waals surface area contributed by atoms with Crippen molar-refractivity contribution in [3.05, 3.63) is 15.6 Å². The van der Waals surface area contributed by atoms with Crippen LogP contribution in [0.4, 0.5) is 18.0 Å². The smallest absolute Gasteiger partial charge is 0.312 e. The number of imide groups is 1. The number of carbonyl (C=O) groups is 2. The SMILES string of the molecule is Cc1nc(C)c(CN2CCC(N3CC(=O)N(CC(F)(F)F)C3=O)CC2)s1. The van der Waals surface area contributed by atoms with Gasteiger partial charge in [-0.25, -0.2) is 9.78 Å². The second-order valence-corrected chi connectivity index (χ2v) is 8.04. The average molecular weight is 390 g/mol. The van der Waals surface area contributed by atoms with Crippen molar-refractivity contribution in [1.29, 1.82) is 0 Å². The molecule has 0 radical (unpaired) electrons. The fourth-order valence-electron chi connectivity index (χ4n) is 3.49. The van der Waals surface area contributed by atoms with E-state index in [2.05, 4.69) is 9.88 Å². The molecule has 3 heterocycles. The number of rotatable bonds is 4. The van der Waals surface area contributed by atoms with Crippen LogP contribution in [0.15, 0.2) is 0 Å². The minimum Gasteiger partial charge on any atom is -0.312 e. The first-order valence-corrected chi connectivity index (χ1v) is 9.28. The van der Waals surface area contributed by atoms with Gasteiger partial charge in [0.05, 0.1) is 10.7 Å². The van der Waals surface area contributed by atoms with Gasteiger partial charge in [-0.15, -0.1) is 11.3 Å². The number of hydrogen-bond donors (Lipinski definition) is 0. The fourth-order valence-corrected chi connectivity index (χ4v) is 4.47. The third-order valence-electron chi connectivity index (χ3n) is 4.79. The first-order chi connectivity index (χ1) is 12.1. The molecule has 0 saturated carbocycles. The lowest BCUT2D eigenvalue weighted by Crippen LogP contribution is -2.47. The Kier molecular flexibility index (Phi) is 5.25. The maximum atomic E-state index is 12.5. The molecule has 6 nitrogen and oxygen atoms in total. The molecule has 0 bridgehead atoms. The molecule has 1 aromatic rings. The summed E-state index contributed by atoms with van der Waals surface area (Å²) in [6, 6.07) is -1.01. The van der Waals surface area contributed by atoms with Gasteiger partial charge in [-0.2, -0.15) is 13.2 Å². The Morgan fingerprint density at radius 1 is 1.19 bits per heavy atom. The molecular formula is C16H21F3N4O2S. The van der Waals surface area contributed by atoms with E-state index in [9.17, 15) is 22.8 Å². The van der Waals surface area contributed by atoms with Gasteiger partial charge in [-0.3, -0.25) is 14.6 Å². The number of halogens is 3. The summed E-state index contributed by atoms with van der Waals surface area (Å²) < 4.78 is 37.6. The molecule has 0 aromatic carbocycles. The van der Waals surface area contributed by atoms with Crippen molar-refractivity contribution >= 4 is 23.3 Å². The van der Waals surface area contributed by atoms with E-state index in [1.807, 2.05) is 13.8 Å². The summed E-state index contributed by atoms with van der Waals surface area (Å²) in [5.41, 5.74) is 1.03. The number of amides is 3. The summed E-state index contributed by atoms with van der Waals surface area (Å²) in [5, 5.41) is 1.03. The fraction of sp³-hybridized carbons (Fsp3) is 0.688. The number of aromatic nitrogens is 1. The van der Waals surface area contributed by atoms with Crippen molar-refractivity contribution in [2.24, 2.45) is 0 Å². The standard InChI is InChI=1S/C16H21F3N4O2S/c1-10-13(26-11(2)20-10)7-21-5-3-12(4-6-21)22-8-14(24)23(15(22)25)9-16(17,18)19/h12H,3-9H2,1-2H3. The van der Waals surface area contributed by atoms with Gasteiger partial charge in [-0.1, -0.05) is 0 Å². The molecule has 26 heavy (non-hydrogen) atoms. The zero-order valence-electron chi connectivity index (χ0n) is 14.7. The maximum absolute atomic E-state index is 12.5. The Hall–Kier alpha value is -1.68. The molecule has 10 heteroatoms. The molecule has 0 N–H and O–H groups in total. The topological polar surface area (TPSA) is 56.8 Å². The van der Waals surface area contributed by atoms with Crippen molar-refractivity contribution in [2.45, 2.75) is 45.5 Å². The van der Waals surface area contributed by atoms with E-state index < -0.39 is 24.7 Å². The Bertz CT molecular complexity index is 698. The van der Waals surface area contributed by atoms with Crippen molar-refractivity contribution in [1.82, 2.24) is 19.7 Å². The summed E-state index contributed by atoms with van der Waals surface area (Å²) >= 11 is 1.67. The molecule has 0 unspecified atom stereocenters. The summed E-state index contributed by atoms with van der Waals surface area (Å²) in [5.74, 6) is -0.773. The van der Waals surface area contributed by atoms with Crippen LogP contribution in [0.3, 0.4) is 0 Å². The van der Waals surface area contributed by atoms with Crippen molar-refractivity contribution in [3.8, 4) is 0 Å². The van der Waals surface area contributed by atoms with Gasteiger partial charge in [0.25, 0.3) is 5.91 Å². The van der Waals surface area contributed by atoms with Gasteiger partial charge < -0.3 is 4.90 Å². The lowest BCUT2D eigenvalue weighted by molar-refractivity contribution is -0.151. The van der Waals surface area contributed by atoms with E-state index in [-0.39, 0.29) is 12.6 Å². The van der Waals surface area contributed by atoms with Crippen LogP contribution in [-0.4, -0.2) is 70.0 Å². The summed E-state index contributed by atoms with van der Waals surface area (Å²) in [4.78, 5) is 33.5. The molecule has 0 spiro atoms. The third-order valence-corrected chi connectivity index (χ3v) is 5.84. The highest BCUT2D eigenvalue weighted by molar-refractivity contribution is 7.11. The van der Waals surface area contributed by atoms with Crippen LogP contribution in [0.25, 0.3) is 0 Å². The van der Waals surface area contributed by atoms with E-state index >= 15 is 0 Å². The van der Waals surface area contributed by atoms with Crippen LogP contribution in [-0.2, 0) is 11.3 Å². The molecule has 2 aliphatic rings. The molecule has 144 valence electrons. The van der Waals surface area contributed by atoms with Crippen molar-refractivity contribution in [3.63, 3.8) is 0 Å². The summed E-state index contributed by atoms with van der Waals surface area (Å²) in [6.07, 6.45) is -3.28. The molecule has 0 atom stereocenters. The molecule has 3 rings (SSSR count). The van der Waals surface area contributed by atoms with Gasteiger partial charge in [0, 0.05) is 30.6 Å². The lowest BCUT2D eigenvalue weighted by Gasteiger charge is -2.36. The van der Waals surface area contributed by atoms with Crippen LogP contribution in [0.2, 0.25) is 0 Å². The van der Waals surface area contributed by atoms with E-state index in [0.717, 1.165) is 30.3 Å². The molecule has 1 aromatic heterocycles. The quantitative estimate of drug-likeness (QED) is 0.742. The number of aryl methyl sites for hydroxylation is 2. The number of alkyl halides is 3. The second kappa shape index (κ2) is 7.15. The maximum Gasteiger partial charge on any atom is 0.406 e. The van der Waals surface area contributed by atoms with Crippen LogP contribution in [0, 0.1) is 13.8 Å². The van der Waals surface area contributed by atoms with Crippen molar-refractivity contribution in [2.75, 3.05) is 26.2 Å². The summed E-state index contributed by atoms with van der Waals surface area (Å²) in [7, 11) is 0. The third kappa shape index (κ3) is 4.17. The highest BCUT2D eigenvalue weighted by Crippen LogP contribution is 2.27. The van der Waals surface area contributed by atoms with E-state index in [1.165, 1.54) is 9.78 Å². The van der Waals surface area contributed by atoms with Gasteiger partial charge in [-0.05, 0) is 26.7 Å². The minimum atomic E-state index is -4.57. The Morgan fingerprint density at radius 2 is 1.85 bits per heavy atom. The number of urea groups is 1. The van der Waals surface area contributed by atoms with E-state index in [4.69, 9.17) is 0 Å². The zero-order valence-corrected chi connectivity index (χ0v) is 15.5. The zero-order chi connectivity index (χ0) is 19.1. The Labute approximate surface area is 153 Å². The van der Waals surface area contributed by atoms with E-state index in [0.29, 0.717) is 17.7 Å². The monoisotopic (exact) mass is 390 g/mol. The van der Waals surface area contributed by atoms with Crippen LogP contribution < -0.4 is 0 Å². The highest BCUT2D eigenvalue weighted by Gasteiger charge is 2.45. The average Bonchev–Trinajstić information content (AvgIpc) is 3.00. The number of thiazole rings is 1. The lowest BCUT2D eigenvalue weighted by atomic mass is 10.0. The molecule has 2 saturated heterocycles. The van der Waals surface area contributed by atoms with E-state index in [1.54, 1.807) is 11.3 Å². The minimum absolute atomic E-state index is 0.190. The Balaban J connectivity index is 1.56. The molecule has 2 aliphatic heterocycles. The van der Waals surface area contributed by atoms with Gasteiger partial charge in [0.1, 0.15) is 13.1 Å². The second-order valence-electron chi connectivity index (χ2n) is 6.75. The number of likely N-dealkylation sites (tertiary alicyclic amines) is 1. The molecular weight excluding hydrogens is 369 g/mol. The number of hydrogen-bond acceptors (Lipinski definition) is 5. The van der Waals surface area contributed by atoms with Gasteiger partial charge in [0.15, 0.2) is 0 Å². The molecule has 2 fully saturated rings. The number of carbonyl (C=O) groups excluding carboxylic acids is 2. The normalized spacial score (nSPS) is 20.5. The van der Waals surface area contributed by atoms with Crippen molar-refractivity contribution < 1.29 is 22.8 Å². The largest absolute Gasteiger partial charge is 0.406 e.